The third-order valence-electron chi connectivity index (χ3n) is 4.87. The van der Waals surface area contributed by atoms with E-state index in [1.165, 1.54) is 12.7 Å². The molecule has 0 saturated carbocycles. The van der Waals surface area contributed by atoms with Crippen LogP contribution in [-0.4, -0.2) is 55.4 Å². The smallest absolute Gasteiger partial charge is 0.237 e. The molecule has 0 fully saturated rings. The molecule has 0 aliphatic carbocycles. The fourth-order valence-electron chi connectivity index (χ4n) is 3.59. The molecule has 0 radical (unpaired) electrons. The van der Waals surface area contributed by atoms with Gasteiger partial charge in [0.05, 0.1) is 25.3 Å². The molecule has 1 aliphatic heterocycles. The van der Waals surface area contributed by atoms with E-state index in [1.54, 1.807) is 0 Å². The van der Waals surface area contributed by atoms with Crippen molar-refractivity contribution in [3.8, 4) is 0 Å². The van der Waals surface area contributed by atoms with E-state index in [-0.39, 0.29) is 31.6 Å². The number of hydrogen-bond acceptors (Lipinski definition) is 4. The van der Waals surface area contributed by atoms with Crippen LogP contribution in [0, 0.1) is 0 Å². The van der Waals surface area contributed by atoms with Gasteiger partial charge in [0.15, 0.2) is 0 Å². The third kappa shape index (κ3) is 4.85. The van der Waals surface area contributed by atoms with Crippen molar-refractivity contribution in [2.75, 3.05) is 33.4 Å². The minimum atomic E-state index is -0.655. The summed E-state index contributed by atoms with van der Waals surface area (Å²) in [6.07, 6.45) is 0.101. The van der Waals surface area contributed by atoms with Crippen LogP contribution in [-0.2, 0) is 16.0 Å². The lowest BCUT2D eigenvalue weighted by Gasteiger charge is -2.38. The number of nitrogens with zero attached hydrogens (tertiary/aromatic N) is 1. The molecular formula is C21H24Cl2N2O3. The van der Waals surface area contributed by atoms with Gasteiger partial charge in [0.25, 0.3) is 0 Å². The number of methoxy groups -OCH3 is 1. The number of amides is 1. The molecule has 2 aromatic carbocycles. The van der Waals surface area contributed by atoms with Crippen molar-refractivity contribution >= 4 is 29.1 Å². The first kappa shape index (κ1) is 21.1. The lowest BCUT2D eigenvalue weighted by Crippen LogP contribution is -2.45. The Kier molecular flexibility index (Phi) is 7.32. The summed E-state index contributed by atoms with van der Waals surface area (Å²) in [5.74, 6) is -0.0554. The Bertz CT molecular complexity index is 831. The van der Waals surface area contributed by atoms with Crippen molar-refractivity contribution in [1.29, 1.82) is 0 Å². The van der Waals surface area contributed by atoms with E-state index in [9.17, 15) is 9.90 Å². The zero-order valence-corrected chi connectivity index (χ0v) is 17.2. The van der Waals surface area contributed by atoms with E-state index < -0.39 is 6.10 Å². The molecule has 1 heterocycles. The van der Waals surface area contributed by atoms with Crippen LogP contribution in [0.15, 0.2) is 42.5 Å². The number of aliphatic hydroxyl groups excluding tert-OH is 1. The third-order valence-corrected chi connectivity index (χ3v) is 5.45. The molecule has 2 unspecified atom stereocenters. The second kappa shape index (κ2) is 9.72. The normalized spacial score (nSPS) is 17.3. The van der Waals surface area contributed by atoms with Gasteiger partial charge in [0, 0.05) is 30.2 Å². The second-order valence-electron chi connectivity index (χ2n) is 6.84. The summed E-state index contributed by atoms with van der Waals surface area (Å²) in [6.45, 7) is 1.22. The number of nitrogens with one attached hydrogen (secondary N) is 1. The molecule has 3 rings (SSSR count). The summed E-state index contributed by atoms with van der Waals surface area (Å²) in [5.41, 5.74) is 3.04. The average Bonchev–Trinajstić information content (AvgIpc) is 2.67. The van der Waals surface area contributed by atoms with E-state index >= 15 is 0 Å². The Labute approximate surface area is 175 Å². The molecule has 0 saturated heterocycles. The van der Waals surface area contributed by atoms with E-state index in [1.807, 2.05) is 47.4 Å². The first-order valence-electron chi connectivity index (χ1n) is 9.21. The molecule has 2 atom stereocenters. The number of aliphatic hydroxyl groups is 1. The molecule has 2 aromatic rings. The van der Waals surface area contributed by atoms with E-state index in [0.29, 0.717) is 16.6 Å². The largest absolute Gasteiger partial charge is 0.389 e. The molecule has 150 valence electrons. The first-order chi connectivity index (χ1) is 13.5. The molecule has 0 aromatic heterocycles. The van der Waals surface area contributed by atoms with Crippen molar-refractivity contribution in [3.63, 3.8) is 0 Å². The van der Waals surface area contributed by atoms with Crippen LogP contribution < -0.4 is 5.32 Å². The topological polar surface area (TPSA) is 61.8 Å². The van der Waals surface area contributed by atoms with Gasteiger partial charge in [-0.1, -0.05) is 47.5 Å². The maximum absolute atomic E-state index is 13.0. The number of carbonyl (C=O) groups excluding carboxylic acids is 1. The Morgan fingerprint density at radius 2 is 2.07 bits per heavy atom. The zero-order valence-electron chi connectivity index (χ0n) is 15.7. The lowest BCUT2D eigenvalue weighted by molar-refractivity contribution is -0.132. The predicted octanol–water partition coefficient (Wildman–Crippen LogP) is 3.06. The Morgan fingerprint density at radius 3 is 2.82 bits per heavy atom. The fraction of sp³-hybridized carbons (Fsp3) is 0.381. The highest BCUT2D eigenvalue weighted by molar-refractivity contribution is 6.31. The Hall–Kier alpha value is -1.63. The molecule has 0 spiro atoms. The number of fused-ring (bicyclic) bond motifs is 1. The van der Waals surface area contributed by atoms with E-state index in [4.69, 9.17) is 27.9 Å². The molecule has 28 heavy (non-hydrogen) atoms. The highest BCUT2D eigenvalue weighted by Crippen LogP contribution is 2.39. The number of benzene rings is 2. The molecule has 0 bridgehead atoms. The number of ether oxygens (including phenoxy) is 1. The molecule has 7 heteroatoms. The van der Waals surface area contributed by atoms with Gasteiger partial charge in [0.1, 0.15) is 0 Å². The van der Waals surface area contributed by atoms with Crippen molar-refractivity contribution < 1.29 is 14.6 Å². The molecule has 1 amide bonds. The quantitative estimate of drug-likeness (QED) is 0.719. The maximum Gasteiger partial charge on any atom is 0.237 e. The van der Waals surface area contributed by atoms with E-state index in [2.05, 4.69) is 5.32 Å². The molecule has 1 aliphatic rings. The number of rotatable bonds is 7. The van der Waals surface area contributed by atoms with Crippen molar-refractivity contribution in [1.82, 2.24) is 10.2 Å². The van der Waals surface area contributed by atoms with Gasteiger partial charge in [-0.05, 0) is 41.3 Å². The number of carbonyl (C=O) groups is 1. The highest BCUT2D eigenvalue weighted by Gasteiger charge is 2.33. The van der Waals surface area contributed by atoms with Crippen LogP contribution in [0.3, 0.4) is 0 Å². The molecular weight excluding hydrogens is 399 g/mol. The van der Waals surface area contributed by atoms with Gasteiger partial charge in [-0.25, -0.2) is 0 Å². The summed E-state index contributed by atoms with van der Waals surface area (Å²) in [7, 11) is 1.53. The number of halogens is 2. The van der Waals surface area contributed by atoms with Crippen LogP contribution in [0.25, 0.3) is 0 Å². The van der Waals surface area contributed by atoms with Gasteiger partial charge < -0.3 is 20.1 Å². The molecule has 5 nitrogen and oxygen atoms in total. The monoisotopic (exact) mass is 422 g/mol. The van der Waals surface area contributed by atoms with Crippen molar-refractivity contribution in [2.24, 2.45) is 0 Å². The highest BCUT2D eigenvalue weighted by atomic mass is 35.5. The summed E-state index contributed by atoms with van der Waals surface area (Å²) in [5, 5.41) is 14.0. The van der Waals surface area contributed by atoms with Crippen LogP contribution in [0.5, 0.6) is 0 Å². The summed E-state index contributed by atoms with van der Waals surface area (Å²) in [6, 6.07) is 13.1. The van der Waals surface area contributed by atoms with Gasteiger partial charge in [0.2, 0.25) is 5.91 Å². The summed E-state index contributed by atoms with van der Waals surface area (Å²) in [4.78, 5) is 14.8. The van der Waals surface area contributed by atoms with Crippen LogP contribution in [0.1, 0.15) is 22.7 Å². The number of hydrogen-bond donors (Lipinski definition) is 2. The fourth-order valence-corrected chi connectivity index (χ4v) is 4.01. The van der Waals surface area contributed by atoms with Crippen LogP contribution in [0.2, 0.25) is 10.0 Å². The summed E-state index contributed by atoms with van der Waals surface area (Å²) < 4.78 is 4.90. The minimum absolute atomic E-state index is 0.0554. The van der Waals surface area contributed by atoms with Gasteiger partial charge in [-0.15, -0.1) is 0 Å². The zero-order chi connectivity index (χ0) is 20.1. The lowest BCUT2D eigenvalue weighted by atomic mass is 9.88. The predicted molar refractivity (Wildman–Crippen MR) is 111 cm³/mol. The standard InChI is InChI=1S/C21H24Cl2N2O3/c1-28-13-16(26)11-24-12-20(27)25-9-8-14-6-7-15(22)10-18(14)21(25)17-4-2-3-5-19(17)23/h2-7,10,16,21,24,26H,8-9,11-13H2,1H3. The van der Waals surface area contributed by atoms with Gasteiger partial charge >= 0.3 is 0 Å². The second-order valence-corrected chi connectivity index (χ2v) is 7.69. The molecule has 2 N–H and O–H groups in total. The summed E-state index contributed by atoms with van der Waals surface area (Å²) >= 11 is 12.7. The maximum atomic E-state index is 13.0. The van der Waals surface area contributed by atoms with Gasteiger partial charge in [-0.3, -0.25) is 4.79 Å². The van der Waals surface area contributed by atoms with Crippen LogP contribution >= 0.6 is 23.2 Å². The van der Waals surface area contributed by atoms with Crippen LogP contribution in [0.4, 0.5) is 0 Å². The first-order valence-corrected chi connectivity index (χ1v) is 9.96. The van der Waals surface area contributed by atoms with Crippen molar-refractivity contribution in [2.45, 2.75) is 18.6 Å². The Balaban J connectivity index is 1.85. The van der Waals surface area contributed by atoms with E-state index in [0.717, 1.165) is 17.5 Å². The average molecular weight is 423 g/mol. The minimum Gasteiger partial charge on any atom is -0.389 e. The Morgan fingerprint density at radius 1 is 1.29 bits per heavy atom. The SMILES string of the molecule is COCC(O)CNCC(=O)N1CCc2ccc(Cl)cc2C1c1ccccc1Cl. The van der Waals surface area contributed by atoms with Gasteiger partial charge in [-0.2, -0.15) is 0 Å². The van der Waals surface area contributed by atoms with Crippen molar-refractivity contribution in [3.05, 3.63) is 69.2 Å².